The van der Waals surface area contributed by atoms with Gasteiger partial charge in [-0.15, -0.1) is 0 Å². The number of carbonyl (C=O) groups is 1. The second kappa shape index (κ2) is 5.54. The second-order valence-corrected chi connectivity index (χ2v) is 5.07. The quantitative estimate of drug-likeness (QED) is 0.652. The van der Waals surface area contributed by atoms with E-state index in [4.69, 9.17) is 5.73 Å². The van der Waals surface area contributed by atoms with Gasteiger partial charge in [-0.2, -0.15) is 0 Å². The van der Waals surface area contributed by atoms with Crippen LogP contribution in [-0.4, -0.2) is 17.4 Å². The van der Waals surface area contributed by atoms with Crippen LogP contribution in [0.4, 0.5) is 15.8 Å². The normalized spacial score (nSPS) is 16.9. The lowest BCUT2D eigenvalue weighted by Gasteiger charge is -2.25. The number of amides is 1. The molecule has 0 radical (unpaired) electrons. The summed E-state index contributed by atoms with van der Waals surface area (Å²) in [7, 11) is 0. The number of nitro benzene ring substituents is 1. The number of non-ortho nitro benzene ring substituents is 1. The first-order valence-electron chi connectivity index (χ1n) is 6.44. The molecule has 7 heteroatoms. The molecule has 0 bridgehead atoms. The van der Waals surface area contributed by atoms with Crippen LogP contribution >= 0.6 is 0 Å². The van der Waals surface area contributed by atoms with Gasteiger partial charge < -0.3 is 11.1 Å². The van der Waals surface area contributed by atoms with E-state index in [2.05, 4.69) is 5.32 Å². The van der Waals surface area contributed by atoms with Gasteiger partial charge in [0.15, 0.2) is 5.82 Å². The smallest absolute Gasteiger partial charge is 0.272 e. The van der Waals surface area contributed by atoms with Gasteiger partial charge in [-0.25, -0.2) is 4.39 Å². The van der Waals surface area contributed by atoms with Gasteiger partial charge >= 0.3 is 0 Å². The number of rotatable bonds is 4. The van der Waals surface area contributed by atoms with Crippen LogP contribution < -0.4 is 11.1 Å². The van der Waals surface area contributed by atoms with Gasteiger partial charge in [0.1, 0.15) is 0 Å². The van der Waals surface area contributed by atoms with Gasteiger partial charge in [0.2, 0.25) is 5.91 Å². The average molecular weight is 281 g/mol. The molecule has 6 nitrogen and oxygen atoms in total. The zero-order chi connectivity index (χ0) is 14.8. The summed E-state index contributed by atoms with van der Waals surface area (Å²) < 4.78 is 13.7. The first-order chi connectivity index (χ1) is 9.48. The van der Waals surface area contributed by atoms with Crippen LogP contribution in [0.25, 0.3) is 0 Å². The Hall–Kier alpha value is -2.02. The summed E-state index contributed by atoms with van der Waals surface area (Å²) in [6.45, 7) is 0.216. The average Bonchev–Trinajstić information content (AvgIpc) is 2.90. The molecule has 108 valence electrons. The minimum Gasteiger partial charge on any atom is -0.329 e. The highest BCUT2D eigenvalue weighted by Gasteiger charge is 2.40. The maximum absolute atomic E-state index is 13.7. The molecule has 0 unspecified atom stereocenters. The molecular formula is C13H16FN3O3. The fraction of sp³-hybridized carbons (Fsp3) is 0.462. The lowest BCUT2D eigenvalue weighted by molar-refractivity contribution is -0.385. The molecule has 1 fully saturated rings. The number of carbonyl (C=O) groups excluding carboxylic acids is 1. The zero-order valence-electron chi connectivity index (χ0n) is 10.9. The monoisotopic (exact) mass is 281 g/mol. The van der Waals surface area contributed by atoms with Gasteiger partial charge in [-0.05, 0) is 18.9 Å². The van der Waals surface area contributed by atoms with E-state index in [1.807, 2.05) is 0 Å². The topological polar surface area (TPSA) is 98.3 Å². The van der Waals surface area contributed by atoms with E-state index >= 15 is 0 Å². The molecule has 1 amide bonds. The minimum absolute atomic E-state index is 0.0553. The molecule has 0 atom stereocenters. The second-order valence-electron chi connectivity index (χ2n) is 5.07. The Morgan fingerprint density at radius 3 is 2.60 bits per heavy atom. The summed E-state index contributed by atoms with van der Waals surface area (Å²) in [5.41, 5.74) is 4.63. The Balaban J connectivity index is 2.17. The predicted molar refractivity (Wildman–Crippen MR) is 71.6 cm³/mol. The van der Waals surface area contributed by atoms with E-state index in [1.165, 1.54) is 6.07 Å². The molecule has 3 N–H and O–H groups in total. The lowest BCUT2D eigenvalue weighted by atomic mass is 9.85. The summed E-state index contributed by atoms with van der Waals surface area (Å²) in [4.78, 5) is 22.1. The maximum atomic E-state index is 13.7. The molecule has 1 aromatic carbocycles. The van der Waals surface area contributed by atoms with Crippen molar-refractivity contribution < 1.29 is 14.1 Å². The van der Waals surface area contributed by atoms with Gasteiger partial charge in [0, 0.05) is 12.6 Å². The molecule has 0 spiro atoms. The van der Waals surface area contributed by atoms with E-state index in [1.54, 1.807) is 0 Å². The number of hydrogen-bond acceptors (Lipinski definition) is 4. The van der Waals surface area contributed by atoms with Crippen molar-refractivity contribution in [2.75, 3.05) is 11.9 Å². The number of nitrogens with one attached hydrogen (secondary N) is 1. The van der Waals surface area contributed by atoms with Crippen molar-refractivity contribution in [3.63, 3.8) is 0 Å². The van der Waals surface area contributed by atoms with Crippen LogP contribution in [0.2, 0.25) is 0 Å². The number of halogens is 1. The summed E-state index contributed by atoms with van der Waals surface area (Å²) in [5, 5.41) is 13.0. The lowest BCUT2D eigenvalue weighted by Crippen LogP contribution is -2.40. The summed E-state index contributed by atoms with van der Waals surface area (Å²) in [6, 6.07) is 3.15. The fourth-order valence-corrected chi connectivity index (χ4v) is 2.55. The molecule has 1 aromatic rings. The third-order valence-electron chi connectivity index (χ3n) is 3.84. The number of nitrogens with two attached hydrogens (primary N) is 1. The van der Waals surface area contributed by atoms with Crippen molar-refractivity contribution in [3.8, 4) is 0 Å². The van der Waals surface area contributed by atoms with E-state index < -0.39 is 16.2 Å². The molecule has 20 heavy (non-hydrogen) atoms. The molecule has 0 saturated heterocycles. The molecule has 1 aliphatic rings. The SMILES string of the molecule is NCC1(C(=O)Nc2ccc([N+](=O)[O-])cc2F)CCCC1. The largest absolute Gasteiger partial charge is 0.329 e. The van der Waals surface area contributed by atoms with Crippen LogP contribution in [0.3, 0.4) is 0 Å². The van der Waals surface area contributed by atoms with Gasteiger partial charge in [0.05, 0.1) is 22.1 Å². The summed E-state index contributed by atoms with van der Waals surface area (Å²) in [5.74, 6) is -1.14. The Labute approximate surface area is 115 Å². The van der Waals surface area contributed by atoms with Gasteiger partial charge in [0.25, 0.3) is 5.69 Å². The van der Waals surface area contributed by atoms with Crippen LogP contribution in [0.5, 0.6) is 0 Å². The number of nitrogens with zero attached hydrogens (tertiary/aromatic N) is 1. The molecule has 0 aromatic heterocycles. The Bertz CT molecular complexity index is 542. The first kappa shape index (κ1) is 14.4. The van der Waals surface area contributed by atoms with Crippen LogP contribution in [-0.2, 0) is 4.79 Å². The van der Waals surface area contributed by atoms with E-state index in [-0.39, 0.29) is 23.8 Å². The molecule has 0 aliphatic heterocycles. The van der Waals surface area contributed by atoms with Crippen molar-refractivity contribution in [3.05, 3.63) is 34.1 Å². The molecule has 2 rings (SSSR count). The number of hydrogen-bond donors (Lipinski definition) is 2. The van der Waals surface area contributed by atoms with Crippen molar-refractivity contribution >= 4 is 17.3 Å². The van der Waals surface area contributed by atoms with Crippen LogP contribution in [0.1, 0.15) is 25.7 Å². The van der Waals surface area contributed by atoms with Gasteiger partial charge in [-0.1, -0.05) is 12.8 Å². The predicted octanol–water partition coefficient (Wildman–Crippen LogP) is 2.19. The van der Waals surface area contributed by atoms with Gasteiger partial charge in [-0.3, -0.25) is 14.9 Å². The molecular weight excluding hydrogens is 265 g/mol. The molecule has 0 heterocycles. The number of nitro groups is 1. The van der Waals surface area contributed by atoms with E-state index in [0.717, 1.165) is 25.0 Å². The van der Waals surface area contributed by atoms with Crippen molar-refractivity contribution in [2.24, 2.45) is 11.1 Å². The van der Waals surface area contributed by atoms with Crippen LogP contribution in [0.15, 0.2) is 18.2 Å². The molecule has 1 aliphatic carbocycles. The summed E-state index contributed by atoms with van der Waals surface area (Å²) >= 11 is 0. The van der Waals surface area contributed by atoms with Crippen molar-refractivity contribution in [2.45, 2.75) is 25.7 Å². The summed E-state index contributed by atoms with van der Waals surface area (Å²) in [6.07, 6.45) is 3.22. The van der Waals surface area contributed by atoms with E-state index in [0.29, 0.717) is 12.8 Å². The Kier molecular flexibility index (Phi) is 3.99. The Morgan fingerprint density at radius 2 is 2.10 bits per heavy atom. The zero-order valence-corrected chi connectivity index (χ0v) is 10.9. The number of benzene rings is 1. The maximum Gasteiger partial charge on any atom is 0.272 e. The van der Waals surface area contributed by atoms with Crippen molar-refractivity contribution in [1.29, 1.82) is 0 Å². The highest BCUT2D eigenvalue weighted by molar-refractivity contribution is 5.95. The minimum atomic E-state index is -0.822. The standard InChI is InChI=1S/C13H16FN3O3/c14-10-7-9(17(19)20)3-4-11(10)16-12(18)13(8-15)5-1-2-6-13/h3-4,7H,1-2,5-6,8,15H2,(H,16,18). The number of anilines is 1. The third-order valence-corrected chi connectivity index (χ3v) is 3.84. The first-order valence-corrected chi connectivity index (χ1v) is 6.44. The highest BCUT2D eigenvalue weighted by Crippen LogP contribution is 2.38. The highest BCUT2D eigenvalue weighted by atomic mass is 19.1. The molecule has 1 saturated carbocycles. The third kappa shape index (κ3) is 2.62. The van der Waals surface area contributed by atoms with Crippen LogP contribution in [0, 0.1) is 21.3 Å². The van der Waals surface area contributed by atoms with E-state index in [9.17, 15) is 19.3 Å². The van der Waals surface area contributed by atoms with Crippen molar-refractivity contribution in [1.82, 2.24) is 0 Å². The fourth-order valence-electron chi connectivity index (χ4n) is 2.55. The Morgan fingerprint density at radius 1 is 1.45 bits per heavy atom.